The van der Waals surface area contributed by atoms with Gasteiger partial charge in [-0.1, -0.05) is 23.7 Å². The van der Waals surface area contributed by atoms with Crippen LogP contribution in [0, 0.1) is 0 Å². The molecule has 1 heterocycles. The van der Waals surface area contributed by atoms with Crippen LogP contribution in [0.4, 0.5) is 11.5 Å². The van der Waals surface area contributed by atoms with Crippen molar-refractivity contribution in [3.8, 4) is 0 Å². The Morgan fingerprint density at radius 1 is 1.28 bits per heavy atom. The first-order valence-electron chi connectivity index (χ1n) is 4.95. The minimum absolute atomic E-state index is 0.0944. The molecule has 4 nitrogen and oxygen atoms in total. The van der Waals surface area contributed by atoms with Crippen LogP contribution in [0.2, 0.25) is 10.3 Å². The molecule has 94 valence electrons. The number of halogens is 2. The van der Waals surface area contributed by atoms with Crippen molar-refractivity contribution in [2.24, 2.45) is 0 Å². The molecule has 1 N–H and O–H groups in total. The van der Waals surface area contributed by atoms with Crippen molar-refractivity contribution in [2.45, 2.75) is 4.90 Å². The third kappa shape index (κ3) is 2.98. The molecule has 0 spiro atoms. The van der Waals surface area contributed by atoms with E-state index in [0.717, 1.165) is 0 Å². The Kier molecular flexibility index (Phi) is 4.16. The van der Waals surface area contributed by atoms with Gasteiger partial charge in [0.1, 0.15) is 5.02 Å². The van der Waals surface area contributed by atoms with E-state index in [-0.39, 0.29) is 5.28 Å². The van der Waals surface area contributed by atoms with Gasteiger partial charge in [-0.25, -0.2) is 4.98 Å². The van der Waals surface area contributed by atoms with Gasteiger partial charge in [0.15, 0.2) is 5.82 Å². The zero-order chi connectivity index (χ0) is 13.1. The van der Waals surface area contributed by atoms with Gasteiger partial charge < -0.3 is 5.32 Å². The highest BCUT2D eigenvalue weighted by molar-refractivity contribution is 7.84. The minimum atomic E-state index is -1.11. The summed E-state index contributed by atoms with van der Waals surface area (Å²) in [5.41, 5.74) is 0.676. The predicted molar refractivity (Wildman–Crippen MR) is 74.1 cm³/mol. The number of para-hydroxylation sites is 1. The zero-order valence-corrected chi connectivity index (χ0v) is 11.7. The average molecular weight is 302 g/mol. The molecule has 1 atom stereocenters. The third-order valence-corrected chi connectivity index (χ3v) is 3.60. The molecule has 18 heavy (non-hydrogen) atoms. The molecule has 0 aliphatic rings. The summed E-state index contributed by atoms with van der Waals surface area (Å²) < 4.78 is 11.6. The number of nitrogens with one attached hydrogen (secondary N) is 1. The van der Waals surface area contributed by atoms with Gasteiger partial charge in [-0.05, 0) is 23.7 Å². The van der Waals surface area contributed by atoms with Gasteiger partial charge in [-0.2, -0.15) is 4.98 Å². The summed E-state index contributed by atoms with van der Waals surface area (Å²) in [5.74, 6) is 0.384. The van der Waals surface area contributed by atoms with E-state index in [4.69, 9.17) is 23.2 Å². The summed E-state index contributed by atoms with van der Waals surface area (Å²) in [6, 6.07) is 7.21. The maximum Gasteiger partial charge on any atom is 0.224 e. The third-order valence-electron chi connectivity index (χ3n) is 2.16. The number of aromatic nitrogens is 2. The number of rotatable bonds is 3. The lowest BCUT2D eigenvalue weighted by Gasteiger charge is -2.10. The highest BCUT2D eigenvalue weighted by Crippen LogP contribution is 2.26. The van der Waals surface area contributed by atoms with Gasteiger partial charge in [0.25, 0.3) is 0 Å². The van der Waals surface area contributed by atoms with Gasteiger partial charge in [0, 0.05) is 6.26 Å². The standard InChI is InChI=1S/C11H9Cl2N3OS/c1-18(17)9-5-3-2-4-8(9)15-10-7(12)6-14-11(13)16-10/h2-6H,1H3,(H,14,15,16). The highest BCUT2D eigenvalue weighted by Gasteiger charge is 2.09. The van der Waals surface area contributed by atoms with E-state index in [1.807, 2.05) is 12.1 Å². The molecule has 2 aromatic rings. The van der Waals surface area contributed by atoms with Crippen molar-refractivity contribution in [1.82, 2.24) is 9.97 Å². The van der Waals surface area contributed by atoms with Crippen LogP contribution >= 0.6 is 23.2 Å². The maximum absolute atomic E-state index is 11.6. The molecule has 0 fully saturated rings. The number of benzene rings is 1. The van der Waals surface area contributed by atoms with Crippen LogP contribution in [-0.2, 0) is 10.8 Å². The average Bonchev–Trinajstić information content (AvgIpc) is 2.34. The molecule has 0 amide bonds. The minimum Gasteiger partial charge on any atom is -0.338 e. The SMILES string of the molecule is CS(=O)c1ccccc1Nc1nc(Cl)ncc1Cl. The summed E-state index contributed by atoms with van der Waals surface area (Å²) in [4.78, 5) is 8.41. The van der Waals surface area contributed by atoms with E-state index in [2.05, 4.69) is 15.3 Å². The fourth-order valence-electron chi connectivity index (χ4n) is 1.38. The Balaban J connectivity index is 2.40. The lowest BCUT2D eigenvalue weighted by atomic mass is 10.3. The van der Waals surface area contributed by atoms with E-state index in [9.17, 15) is 4.21 Å². The normalized spacial score (nSPS) is 12.2. The lowest BCUT2D eigenvalue weighted by Crippen LogP contribution is -2.00. The van der Waals surface area contributed by atoms with Gasteiger partial charge in [-0.15, -0.1) is 0 Å². The highest BCUT2D eigenvalue weighted by atomic mass is 35.5. The largest absolute Gasteiger partial charge is 0.338 e. The van der Waals surface area contributed by atoms with Crippen molar-refractivity contribution < 1.29 is 4.21 Å². The molecule has 0 radical (unpaired) electrons. The van der Waals surface area contributed by atoms with Gasteiger partial charge in [-0.3, -0.25) is 4.21 Å². The quantitative estimate of drug-likeness (QED) is 0.884. The van der Waals surface area contributed by atoms with E-state index < -0.39 is 10.8 Å². The first kappa shape index (κ1) is 13.3. The molecule has 0 bridgehead atoms. The number of hydrogen-bond donors (Lipinski definition) is 1. The van der Waals surface area contributed by atoms with E-state index in [1.54, 1.807) is 18.4 Å². The summed E-state index contributed by atoms with van der Waals surface area (Å²) in [5, 5.41) is 3.44. The zero-order valence-electron chi connectivity index (χ0n) is 9.35. The van der Waals surface area contributed by atoms with Crippen molar-refractivity contribution in [1.29, 1.82) is 0 Å². The van der Waals surface area contributed by atoms with E-state index in [0.29, 0.717) is 21.4 Å². The Bertz CT molecular complexity index is 607. The lowest BCUT2D eigenvalue weighted by molar-refractivity contribution is 0.687. The van der Waals surface area contributed by atoms with Gasteiger partial charge >= 0.3 is 0 Å². The van der Waals surface area contributed by atoms with Crippen LogP contribution in [-0.4, -0.2) is 20.4 Å². The van der Waals surface area contributed by atoms with E-state index >= 15 is 0 Å². The summed E-state index contributed by atoms with van der Waals surface area (Å²) in [6.07, 6.45) is 3.01. The van der Waals surface area contributed by atoms with Crippen molar-refractivity contribution in [3.05, 3.63) is 40.8 Å². The Hall–Kier alpha value is -1.17. The molecule has 7 heteroatoms. The predicted octanol–water partition coefficient (Wildman–Crippen LogP) is 3.26. The van der Waals surface area contributed by atoms with Gasteiger partial charge in [0.05, 0.1) is 27.6 Å². The molecule has 0 aliphatic heterocycles. The number of hydrogen-bond acceptors (Lipinski definition) is 4. The fraction of sp³-hybridized carbons (Fsp3) is 0.0909. The molecular weight excluding hydrogens is 293 g/mol. The molecular formula is C11H9Cl2N3OS. The van der Waals surface area contributed by atoms with E-state index in [1.165, 1.54) is 6.20 Å². The topological polar surface area (TPSA) is 54.9 Å². The number of anilines is 2. The molecule has 1 aromatic carbocycles. The molecule has 1 unspecified atom stereocenters. The molecule has 1 aromatic heterocycles. The van der Waals surface area contributed by atoms with Crippen LogP contribution < -0.4 is 5.32 Å². The summed E-state index contributed by atoms with van der Waals surface area (Å²) >= 11 is 11.7. The molecule has 2 rings (SSSR count). The molecule has 0 aliphatic carbocycles. The first-order chi connectivity index (χ1) is 8.58. The Morgan fingerprint density at radius 2 is 2.00 bits per heavy atom. The summed E-state index contributed by atoms with van der Waals surface area (Å²) in [7, 11) is -1.11. The van der Waals surface area contributed by atoms with Gasteiger partial charge in [0.2, 0.25) is 5.28 Å². The van der Waals surface area contributed by atoms with Crippen molar-refractivity contribution in [2.75, 3.05) is 11.6 Å². The van der Waals surface area contributed by atoms with Crippen LogP contribution in [0.1, 0.15) is 0 Å². The van der Waals surface area contributed by atoms with Crippen LogP contribution in [0.3, 0.4) is 0 Å². The first-order valence-corrected chi connectivity index (χ1v) is 7.27. The second-order valence-corrected chi connectivity index (χ2v) is 5.50. The molecule has 0 saturated heterocycles. The fourth-order valence-corrected chi connectivity index (χ4v) is 2.35. The smallest absolute Gasteiger partial charge is 0.224 e. The maximum atomic E-state index is 11.6. The van der Waals surface area contributed by atoms with Crippen molar-refractivity contribution in [3.63, 3.8) is 0 Å². The van der Waals surface area contributed by atoms with Crippen LogP contribution in [0.15, 0.2) is 35.4 Å². The second kappa shape index (κ2) is 5.65. The van der Waals surface area contributed by atoms with Crippen LogP contribution in [0.5, 0.6) is 0 Å². The Morgan fingerprint density at radius 3 is 2.72 bits per heavy atom. The second-order valence-electron chi connectivity index (χ2n) is 3.41. The monoisotopic (exact) mass is 301 g/mol. The van der Waals surface area contributed by atoms with Crippen LogP contribution in [0.25, 0.3) is 0 Å². The molecule has 0 saturated carbocycles. The van der Waals surface area contributed by atoms with Crippen molar-refractivity contribution >= 4 is 45.5 Å². The summed E-state index contributed by atoms with van der Waals surface area (Å²) in [6.45, 7) is 0. The Labute approximate surface area is 117 Å². The number of nitrogens with zero attached hydrogens (tertiary/aromatic N) is 2.